The highest BCUT2D eigenvalue weighted by atomic mass is 35.5. The Bertz CT molecular complexity index is 695. The second-order valence-corrected chi connectivity index (χ2v) is 9.19. The number of hydrogen-bond acceptors (Lipinski definition) is 6. The number of nitrogens with one attached hydrogen (secondary N) is 4. The zero-order valence-electron chi connectivity index (χ0n) is 21.8. The molecule has 0 aliphatic carbocycles. The molecule has 2 aromatic carbocycles. The quantitative estimate of drug-likeness (QED) is 0.136. The third-order valence-corrected chi connectivity index (χ3v) is 6.27. The molecule has 6 nitrogen and oxygen atoms in total. The number of benzene rings is 2. The van der Waals surface area contributed by atoms with E-state index in [-0.39, 0.29) is 12.4 Å². The maximum absolute atomic E-state index is 5.53. The van der Waals surface area contributed by atoms with E-state index in [2.05, 4.69) is 57.7 Å². The Hall–Kier alpha value is -1.25. The van der Waals surface area contributed by atoms with Gasteiger partial charge >= 0.3 is 0 Å². The smallest absolute Gasteiger partial charge is 0.0211 e. The lowest BCUT2D eigenvalue weighted by molar-refractivity contribution is 0.567. The lowest BCUT2D eigenvalue weighted by Gasteiger charge is -2.13. The third-order valence-electron chi connectivity index (χ3n) is 6.27. The van der Waals surface area contributed by atoms with E-state index < -0.39 is 0 Å². The zero-order valence-corrected chi connectivity index (χ0v) is 22.6. The summed E-state index contributed by atoms with van der Waals surface area (Å²) in [6.07, 6.45) is 9.43. The van der Waals surface area contributed by atoms with Crippen molar-refractivity contribution in [3.8, 4) is 0 Å². The van der Waals surface area contributed by atoms with Crippen LogP contribution >= 0.6 is 12.4 Å². The van der Waals surface area contributed by atoms with E-state index in [1.54, 1.807) is 0 Å². The van der Waals surface area contributed by atoms with Crippen molar-refractivity contribution in [2.75, 3.05) is 52.4 Å². The van der Waals surface area contributed by atoms with Crippen molar-refractivity contribution in [1.82, 2.24) is 21.3 Å². The van der Waals surface area contributed by atoms with Crippen LogP contribution in [0.3, 0.4) is 0 Å². The molecule has 0 spiro atoms. The summed E-state index contributed by atoms with van der Waals surface area (Å²) < 4.78 is 0. The molecule has 0 aromatic heterocycles. The summed E-state index contributed by atoms with van der Waals surface area (Å²) in [6.45, 7) is 9.94. The Labute approximate surface area is 220 Å². The fourth-order valence-corrected chi connectivity index (χ4v) is 4.22. The molecule has 0 saturated heterocycles. The molecule has 2 aromatic rings. The minimum Gasteiger partial charge on any atom is -0.330 e. The summed E-state index contributed by atoms with van der Waals surface area (Å²) in [5, 5.41) is 17.0. The summed E-state index contributed by atoms with van der Waals surface area (Å²) in [7, 11) is 0. The van der Waals surface area contributed by atoms with Gasteiger partial charge < -0.3 is 32.7 Å². The maximum atomic E-state index is 5.53. The average molecular weight is 507 g/mol. The Balaban J connectivity index is 0.00000612. The van der Waals surface area contributed by atoms with E-state index in [9.17, 15) is 0 Å². The van der Waals surface area contributed by atoms with Gasteiger partial charge in [0.25, 0.3) is 0 Å². The zero-order chi connectivity index (χ0) is 24.1. The molecule has 0 radical (unpaired) electrons. The van der Waals surface area contributed by atoms with Crippen molar-refractivity contribution in [3.05, 3.63) is 47.5 Å². The van der Waals surface area contributed by atoms with Crippen LogP contribution in [0.5, 0.6) is 0 Å². The molecule has 0 unspecified atom stereocenters. The van der Waals surface area contributed by atoms with Gasteiger partial charge in [-0.15, -0.1) is 12.4 Å². The highest BCUT2D eigenvalue weighted by Crippen LogP contribution is 2.23. The lowest BCUT2D eigenvalue weighted by atomic mass is 9.99. The largest absolute Gasteiger partial charge is 0.330 e. The summed E-state index contributed by atoms with van der Waals surface area (Å²) in [6, 6.07) is 13.4. The van der Waals surface area contributed by atoms with Crippen molar-refractivity contribution < 1.29 is 0 Å². The normalized spacial score (nSPS) is 11.1. The molecule has 0 atom stereocenters. The number of fused-ring (bicyclic) bond motifs is 1. The summed E-state index contributed by atoms with van der Waals surface area (Å²) in [5.41, 5.74) is 13.8. The third kappa shape index (κ3) is 14.2. The molecular formula is C28H51ClN6. The van der Waals surface area contributed by atoms with Gasteiger partial charge in [0, 0.05) is 13.1 Å². The predicted octanol–water partition coefficient (Wildman–Crippen LogP) is 3.66. The molecule has 200 valence electrons. The van der Waals surface area contributed by atoms with Crippen molar-refractivity contribution in [1.29, 1.82) is 0 Å². The SMILES string of the molecule is Cl.NCCCCNCCCCNCc1ccc(CNCCCCNCCCCN)c2ccccc12. The van der Waals surface area contributed by atoms with Crippen LogP contribution in [-0.2, 0) is 13.1 Å². The van der Waals surface area contributed by atoms with Crippen LogP contribution in [-0.4, -0.2) is 52.4 Å². The second kappa shape index (κ2) is 22.0. The van der Waals surface area contributed by atoms with Crippen LogP contribution in [0.2, 0.25) is 0 Å². The molecule has 8 N–H and O–H groups in total. The van der Waals surface area contributed by atoms with Gasteiger partial charge in [0.1, 0.15) is 0 Å². The predicted molar refractivity (Wildman–Crippen MR) is 155 cm³/mol. The van der Waals surface area contributed by atoms with E-state index in [4.69, 9.17) is 11.5 Å². The van der Waals surface area contributed by atoms with E-state index in [0.717, 1.165) is 78.3 Å². The highest BCUT2D eigenvalue weighted by molar-refractivity contribution is 5.88. The molecule has 0 bridgehead atoms. The van der Waals surface area contributed by atoms with Crippen molar-refractivity contribution in [3.63, 3.8) is 0 Å². The number of halogens is 1. The fourth-order valence-electron chi connectivity index (χ4n) is 4.22. The Morgan fingerprint density at radius 1 is 0.457 bits per heavy atom. The van der Waals surface area contributed by atoms with Crippen molar-refractivity contribution >= 4 is 23.2 Å². The molecule has 0 fully saturated rings. The Morgan fingerprint density at radius 3 is 1.17 bits per heavy atom. The van der Waals surface area contributed by atoms with Crippen molar-refractivity contribution in [2.24, 2.45) is 11.5 Å². The monoisotopic (exact) mass is 506 g/mol. The molecule has 0 aliphatic rings. The molecule has 0 aliphatic heterocycles. The molecule has 7 heteroatoms. The second-order valence-electron chi connectivity index (χ2n) is 9.19. The first-order valence-electron chi connectivity index (χ1n) is 13.6. The Kier molecular flexibility index (Phi) is 20.0. The summed E-state index contributed by atoms with van der Waals surface area (Å²) >= 11 is 0. The fraction of sp³-hybridized carbons (Fsp3) is 0.643. The molecule has 0 amide bonds. The molecular weight excluding hydrogens is 456 g/mol. The van der Waals surface area contributed by atoms with Gasteiger partial charge in [0.15, 0.2) is 0 Å². The molecule has 0 saturated carbocycles. The number of nitrogens with two attached hydrogens (primary N) is 2. The van der Waals surface area contributed by atoms with E-state index in [0.29, 0.717) is 0 Å². The average Bonchev–Trinajstić information content (AvgIpc) is 2.87. The van der Waals surface area contributed by atoms with Crippen molar-refractivity contribution in [2.45, 2.75) is 64.5 Å². The molecule has 0 heterocycles. The van der Waals surface area contributed by atoms with Crippen LogP contribution in [0.1, 0.15) is 62.5 Å². The molecule has 35 heavy (non-hydrogen) atoms. The first kappa shape index (κ1) is 31.8. The standard InChI is InChI=1S/C28H50N6.ClH/c29-15-3-5-17-31-19-7-9-21-33-23-25-13-14-26(28-12-2-1-11-27(25)28)24-34-22-10-8-20-32-18-6-4-16-30;/h1-2,11-14,31-34H,3-10,15-24,29-30H2;1H. The van der Waals surface area contributed by atoms with E-state index >= 15 is 0 Å². The van der Waals surface area contributed by atoms with E-state index in [1.807, 2.05) is 0 Å². The van der Waals surface area contributed by atoms with Crippen LogP contribution in [0.15, 0.2) is 36.4 Å². The number of rotatable bonds is 22. The number of unbranched alkanes of at least 4 members (excludes halogenated alkanes) is 4. The first-order valence-corrected chi connectivity index (χ1v) is 13.6. The van der Waals surface area contributed by atoms with Crippen LogP contribution in [0, 0.1) is 0 Å². The highest BCUT2D eigenvalue weighted by Gasteiger charge is 2.05. The van der Waals surface area contributed by atoms with Gasteiger partial charge in [-0.2, -0.15) is 0 Å². The molecule has 2 rings (SSSR count). The van der Waals surface area contributed by atoms with Crippen LogP contribution in [0.25, 0.3) is 10.8 Å². The Morgan fingerprint density at radius 2 is 0.800 bits per heavy atom. The van der Waals surface area contributed by atoms with Gasteiger partial charge in [-0.3, -0.25) is 0 Å². The summed E-state index contributed by atoms with van der Waals surface area (Å²) in [4.78, 5) is 0. The number of hydrogen-bond donors (Lipinski definition) is 6. The minimum atomic E-state index is 0. The lowest BCUT2D eigenvalue weighted by Crippen LogP contribution is -2.20. The maximum Gasteiger partial charge on any atom is 0.0211 e. The van der Waals surface area contributed by atoms with E-state index in [1.165, 1.54) is 60.4 Å². The van der Waals surface area contributed by atoms with Gasteiger partial charge in [0.2, 0.25) is 0 Å². The topological polar surface area (TPSA) is 100 Å². The van der Waals surface area contributed by atoms with Crippen LogP contribution < -0.4 is 32.7 Å². The first-order chi connectivity index (χ1) is 16.9. The van der Waals surface area contributed by atoms with Gasteiger partial charge in [-0.05, 0) is 126 Å². The van der Waals surface area contributed by atoms with Gasteiger partial charge in [-0.25, -0.2) is 0 Å². The van der Waals surface area contributed by atoms with Crippen LogP contribution in [0.4, 0.5) is 0 Å². The van der Waals surface area contributed by atoms with Gasteiger partial charge in [-0.1, -0.05) is 36.4 Å². The van der Waals surface area contributed by atoms with Gasteiger partial charge in [0.05, 0.1) is 0 Å². The minimum absolute atomic E-state index is 0. The summed E-state index contributed by atoms with van der Waals surface area (Å²) in [5.74, 6) is 0.